The van der Waals surface area contributed by atoms with Crippen molar-refractivity contribution >= 4 is 0 Å². The summed E-state index contributed by atoms with van der Waals surface area (Å²) in [5.74, 6) is 3.33. The van der Waals surface area contributed by atoms with E-state index < -0.39 is 0 Å². The van der Waals surface area contributed by atoms with Gasteiger partial charge in [0.15, 0.2) is 5.76 Å². The normalized spacial score (nSPS) is 11.9. The second-order valence-electron chi connectivity index (χ2n) is 8.14. The molecule has 4 heterocycles. The molecule has 0 bridgehead atoms. The number of aromatic nitrogens is 6. The van der Waals surface area contributed by atoms with Gasteiger partial charge < -0.3 is 9.26 Å². The Morgan fingerprint density at radius 3 is 2.74 bits per heavy atom. The van der Waals surface area contributed by atoms with E-state index in [1.54, 1.807) is 6.33 Å². The van der Waals surface area contributed by atoms with E-state index in [9.17, 15) is 0 Å². The largest absolute Gasteiger partial charge is 0.370 e. The number of hydrogen-bond acceptors (Lipinski definition) is 6. The number of fused-ring (bicyclic) bond motifs is 5. The molecule has 3 aromatic heterocycles. The van der Waals surface area contributed by atoms with E-state index >= 15 is 0 Å². The molecule has 34 heavy (non-hydrogen) atoms. The first-order valence-corrected chi connectivity index (χ1v) is 10.9. The molecule has 0 atom stereocenters. The lowest BCUT2D eigenvalue weighted by Gasteiger charge is -2.10. The molecule has 2 aromatic carbocycles. The number of hydrogen-bond donors (Lipinski definition) is 0. The predicted octanol–water partition coefficient (Wildman–Crippen LogP) is 4.02. The second-order valence-corrected chi connectivity index (χ2v) is 8.14. The molecule has 166 valence electrons. The molecule has 0 spiro atoms. The maximum Gasteiger partial charge on any atom is 0.187 e. The van der Waals surface area contributed by atoms with E-state index in [1.807, 2.05) is 70.8 Å². The van der Waals surface area contributed by atoms with Crippen molar-refractivity contribution < 1.29 is 9.26 Å². The third-order valence-corrected chi connectivity index (χ3v) is 5.89. The number of benzene rings is 2. The van der Waals surface area contributed by atoms with Crippen LogP contribution < -0.4 is 0 Å². The Bertz CT molecular complexity index is 1540. The first kappa shape index (κ1) is 20.1. The highest BCUT2D eigenvalue weighted by Gasteiger charge is 2.28. The van der Waals surface area contributed by atoms with Crippen LogP contribution >= 0.6 is 0 Å². The zero-order valence-corrected chi connectivity index (χ0v) is 18.5. The van der Waals surface area contributed by atoms with E-state index in [2.05, 4.69) is 26.4 Å². The fourth-order valence-electron chi connectivity index (χ4n) is 4.23. The van der Waals surface area contributed by atoms with Crippen molar-refractivity contribution in [3.63, 3.8) is 0 Å². The minimum absolute atomic E-state index is 0.333. The van der Waals surface area contributed by atoms with E-state index in [-0.39, 0.29) is 0 Å². The molecule has 5 aromatic rings. The highest BCUT2D eigenvalue weighted by molar-refractivity contribution is 5.64. The van der Waals surface area contributed by atoms with Gasteiger partial charge in [-0.3, -0.25) is 4.57 Å². The summed E-state index contributed by atoms with van der Waals surface area (Å²) in [5, 5.41) is 13.0. The van der Waals surface area contributed by atoms with E-state index in [1.165, 1.54) is 0 Å². The third kappa shape index (κ3) is 3.39. The molecule has 1 aliphatic heterocycles. The van der Waals surface area contributed by atoms with Crippen LogP contribution in [-0.2, 0) is 24.4 Å². The van der Waals surface area contributed by atoms with Gasteiger partial charge in [0.05, 0.1) is 41.7 Å². The summed E-state index contributed by atoms with van der Waals surface area (Å²) >= 11 is 0. The topological polar surface area (TPSA) is 83.8 Å². The van der Waals surface area contributed by atoms with Gasteiger partial charge in [-0.25, -0.2) is 9.67 Å². The predicted molar refractivity (Wildman–Crippen MR) is 124 cm³/mol. The molecule has 6 rings (SSSR count). The zero-order valence-electron chi connectivity index (χ0n) is 18.5. The first-order valence-electron chi connectivity index (χ1n) is 10.9. The minimum atomic E-state index is 0.333. The van der Waals surface area contributed by atoms with Gasteiger partial charge in [-0.2, -0.15) is 0 Å². The average Bonchev–Trinajstić information content (AvgIpc) is 3.57. The van der Waals surface area contributed by atoms with E-state index in [0.717, 1.165) is 51.0 Å². The van der Waals surface area contributed by atoms with Crippen LogP contribution in [0.2, 0.25) is 0 Å². The standard InChI is InChI=1S/C26H20N6O2/c1-3-18-9-10-21-23(12-18)32-22(20(28-30-32)15-33-14-19-7-5-4-6-8-19)13-24-26(27-16-31(21)24)25-11-17(2)29-34-25/h1,4-12,16H,13-15H2,2H3. The van der Waals surface area contributed by atoms with Crippen LogP contribution in [0.15, 0.2) is 65.4 Å². The highest BCUT2D eigenvalue weighted by atomic mass is 16.5. The SMILES string of the molecule is C#Cc1ccc2c(c1)-n1nnc(COCc3ccccc3)c1Cc1c(-c3cc(C)no3)ncn1-2. The molecule has 0 aliphatic carbocycles. The molecule has 0 fully saturated rings. The Morgan fingerprint density at radius 1 is 1.06 bits per heavy atom. The van der Waals surface area contributed by atoms with Crippen LogP contribution in [0.3, 0.4) is 0 Å². The lowest BCUT2D eigenvalue weighted by molar-refractivity contribution is 0.104. The Kier molecular flexibility index (Phi) is 4.82. The van der Waals surface area contributed by atoms with E-state index in [4.69, 9.17) is 15.7 Å². The van der Waals surface area contributed by atoms with Crippen molar-refractivity contribution in [2.75, 3.05) is 0 Å². The number of nitrogens with zero attached hydrogens (tertiary/aromatic N) is 6. The van der Waals surface area contributed by atoms with Crippen LogP contribution in [-0.4, -0.2) is 29.7 Å². The molecule has 8 nitrogen and oxygen atoms in total. The van der Waals surface area contributed by atoms with Crippen molar-refractivity contribution in [1.29, 1.82) is 0 Å². The molecule has 0 saturated heterocycles. The fourth-order valence-corrected chi connectivity index (χ4v) is 4.23. The van der Waals surface area contributed by atoms with Crippen molar-refractivity contribution in [2.45, 2.75) is 26.6 Å². The van der Waals surface area contributed by atoms with Crippen LogP contribution in [0.5, 0.6) is 0 Å². The molecule has 0 radical (unpaired) electrons. The Balaban J connectivity index is 1.44. The lowest BCUT2D eigenvalue weighted by Crippen LogP contribution is -2.05. The van der Waals surface area contributed by atoms with Gasteiger partial charge >= 0.3 is 0 Å². The summed E-state index contributed by atoms with van der Waals surface area (Å²) in [6, 6.07) is 17.8. The Hall–Kier alpha value is -4.48. The number of imidazole rings is 1. The lowest BCUT2D eigenvalue weighted by atomic mass is 10.1. The van der Waals surface area contributed by atoms with Gasteiger partial charge in [-0.15, -0.1) is 11.5 Å². The van der Waals surface area contributed by atoms with Crippen LogP contribution in [0.25, 0.3) is 22.8 Å². The molecular formula is C26H20N6O2. The third-order valence-electron chi connectivity index (χ3n) is 5.89. The monoisotopic (exact) mass is 448 g/mol. The van der Waals surface area contributed by atoms with Crippen molar-refractivity contribution in [1.82, 2.24) is 29.7 Å². The molecule has 0 N–H and O–H groups in total. The summed E-state index contributed by atoms with van der Waals surface area (Å²) in [6.45, 7) is 2.71. The zero-order chi connectivity index (χ0) is 23.1. The van der Waals surface area contributed by atoms with Crippen molar-refractivity contribution in [3.8, 4) is 35.2 Å². The minimum Gasteiger partial charge on any atom is -0.370 e. The van der Waals surface area contributed by atoms with Crippen LogP contribution in [0.1, 0.15) is 33.9 Å². The molecule has 0 amide bonds. The Morgan fingerprint density at radius 2 is 1.94 bits per heavy atom. The molecule has 8 heteroatoms. The quantitative estimate of drug-likeness (QED) is 0.371. The van der Waals surface area contributed by atoms with Gasteiger partial charge in [0.2, 0.25) is 0 Å². The molecule has 0 saturated carbocycles. The van der Waals surface area contributed by atoms with Gasteiger partial charge in [0, 0.05) is 18.1 Å². The van der Waals surface area contributed by atoms with Gasteiger partial charge in [-0.05, 0) is 30.7 Å². The summed E-state index contributed by atoms with van der Waals surface area (Å²) in [4.78, 5) is 4.66. The van der Waals surface area contributed by atoms with Gasteiger partial charge in [-0.1, -0.05) is 46.6 Å². The average molecular weight is 448 g/mol. The smallest absolute Gasteiger partial charge is 0.187 e. The number of aryl methyl sites for hydroxylation is 1. The van der Waals surface area contributed by atoms with Crippen LogP contribution in [0, 0.1) is 19.3 Å². The second kappa shape index (κ2) is 8.14. The Labute approximate surface area is 195 Å². The van der Waals surface area contributed by atoms with Crippen molar-refractivity contribution in [2.24, 2.45) is 0 Å². The fraction of sp³-hybridized carbons (Fsp3) is 0.154. The van der Waals surface area contributed by atoms with Gasteiger partial charge in [0.25, 0.3) is 0 Å². The maximum absolute atomic E-state index is 5.99. The summed E-state index contributed by atoms with van der Waals surface area (Å²) in [5.41, 5.74) is 7.78. The summed E-state index contributed by atoms with van der Waals surface area (Å²) in [7, 11) is 0. The summed E-state index contributed by atoms with van der Waals surface area (Å²) in [6.07, 6.45) is 8.02. The summed E-state index contributed by atoms with van der Waals surface area (Å²) < 4.78 is 15.4. The first-order chi connectivity index (χ1) is 16.7. The van der Waals surface area contributed by atoms with Crippen molar-refractivity contribution in [3.05, 3.63) is 94.8 Å². The van der Waals surface area contributed by atoms with E-state index in [0.29, 0.717) is 25.4 Å². The number of terminal acetylenes is 1. The number of ether oxygens (including phenoxy) is 1. The van der Waals surface area contributed by atoms with Gasteiger partial charge in [0.1, 0.15) is 17.7 Å². The molecular weight excluding hydrogens is 428 g/mol. The van der Waals surface area contributed by atoms with Crippen LogP contribution in [0.4, 0.5) is 0 Å². The molecule has 1 aliphatic rings. The molecule has 0 unspecified atom stereocenters. The number of rotatable bonds is 5. The highest BCUT2D eigenvalue weighted by Crippen LogP contribution is 2.34. The maximum atomic E-state index is 5.99.